The van der Waals surface area contributed by atoms with Crippen molar-refractivity contribution in [1.82, 2.24) is 19.5 Å². The van der Waals surface area contributed by atoms with E-state index in [0.717, 1.165) is 16.7 Å². The molecule has 0 aliphatic heterocycles. The molecule has 224 valence electrons. The van der Waals surface area contributed by atoms with Gasteiger partial charge in [-0.05, 0) is 57.5 Å². The standard InChI is InChI=1S/C34H26ClN5O4S/c1-17-7-5-6-8-22(17)30-25(15-36)28-29(19(3)38-30)39-20(4)40(33(28)41)11-12-44-27-10-9-21(35)14-23(27)24-13-18(2)37-31-26(34(42)43)16-45-32(24)31/h5-10,13-14,16H,11-12H2,1-4H3,(H,42,43). The fourth-order valence-corrected chi connectivity index (χ4v) is 6.71. The van der Waals surface area contributed by atoms with E-state index in [2.05, 4.69) is 16.0 Å². The zero-order valence-corrected chi connectivity index (χ0v) is 26.4. The second-order valence-corrected chi connectivity index (χ2v) is 11.9. The molecule has 0 bridgehead atoms. The number of hydrogen-bond donors (Lipinski definition) is 1. The van der Waals surface area contributed by atoms with Crippen molar-refractivity contribution in [2.75, 3.05) is 6.61 Å². The van der Waals surface area contributed by atoms with Crippen LogP contribution < -0.4 is 10.3 Å². The molecule has 0 saturated heterocycles. The van der Waals surface area contributed by atoms with Crippen LogP contribution >= 0.6 is 22.9 Å². The highest BCUT2D eigenvalue weighted by Gasteiger charge is 2.22. The molecular formula is C34H26ClN5O4S. The first-order valence-corrected chi connectivity index (χ1v) is 15.3. The Hall–Kier alpha value is -5.11. The zero-order chi connectivity index (χ0) is 32.0. The van der Waals surface area contributed by atoms with Crippen molar-refractivity contribution in [3.63, 3.8) is 0 Å². The van der Waals surface area contributed by atoms with Gasteiger partial charge in [0, 0.05) is 32.8 Å². The quantitative estimate of drug-likeness (QED) is 0.194. The molecule has 4 heterocycles. The van der Waals surface area contributed by atoms with Gasteiger partial charge in [0.15, 0.2) is 0 Å². The Morgan fingerprint density at radius 2 is 1.80 bits per heavy atom. The largest absolute Gasteiger partial charge is 0.491 e. The molecule has 0 spiro atoms. The lowest BCUT2D eigenvalue weighted by Gasteiger charge is -2.17. The molecule has 0 radical (unpaired) electrons. The van der Waals surface area contributed by atoms with Crippen LogP contribution in [0.3, 0.4) is 0 Å². The van der Waals surface area contributed by atoms with Crippen LogP contribution in [-0.2, 0) is 6.54 Å². The number of hydrogen-bond acceptors (Lipinski definition) is 8. The Morgan fingerprint density at radius 1 is 1.02 bits per heavy atom. The number of nitrogens with zero attached hydrogens (tertiary/aromatic N) is 5. The van der Waals surface area contributed by atoms with Crippen LogP contribution in [0, 0.1) is 39.0 Å². The molecule has 0 saturated carbocycles. The summed E-state index contributed by atoms with van der Waals surface area (Å²) >= 11 is 7.69. The van der Waals surface area contributed by atoms with E-state index in [1.54, 1.807) is 44.4 Å². The average molecular weight is 636 g/mol. The maximum Gasteiger partial charge on any atom is 0.338 e. The monoisotopic (exact) mass is 635 g/mol. The van der Waals surface area contributed by atoms with Crippen molar-refractivity contribution in [2.24, 2.45) is 0 Å². The van der Waals surface area contributed by atoms with Gasteiger partial charge in [0.2, 0.25) is 0 Å². The number of thiophene rings is 1. The number of carbonyl (C=O) groups is 1. The highest BCUT2D eigenvalue weighted by molar-refractivity contribution is 7.18. The van der Waals surface area contributed by atoms with Crippen LogP contribution in [0.25, 0.3) is 43.5 Å². The Balaban J connectivity index is 1.39. The normalized spacial score (nSPS) is 11.2. The van der Waals surface area contributed by atoms with Gasteiger partial charge < -0.3 is 9.84 Å². The van der Waals surface area contributed by atoms with E-state index in [1.165, 1.54) is 15.9 Å². The Bertz CT molecular complexity index is 2290. The summed E-state index contributed by atoms with van der Waals surface area (Å²) in [6.07, 6.45) is 0. The Kier molecular flexibility index (Phi) is 7.83. The molecule has 0 atom stereocenters. The molecule has 0 aliphatic carbocycles. The van der Waals surface area contributed by atoms with E-state index in [1.807, 2.05) is 37.3 Å². The number of carboxylic acids is 1. The van der Waals surface area contributed by atoms with E-state index in [9.17, 15) is 20.0 Å². The molecule has 0 fully saturated rings. The number of rotatable bonds is 7. The molecule has 0 amide bonds. The zero-order valence-electron chi connectivity index (χ0n) is 24.8. The first-order chi connectivity index (χ1) is 21.6. The van der Waals surface area contributed by atoms with Gasteiger partial charge in [0.05, 0.1) is 44.7 Å². The SMILES string of the molecule is Cc1cc(-c2cc(Cl)ccc2OCCn2c(C)nc3c(C)nc(-c4ccccc4C)c(C#N)c3c2=O)c2scc(C(=O)O)c2n1. The third-order valence-corrected chi connectivity index (χ3v) is 8.90. The molecule has 9 nitrogen and oxygen atoms in total. The average Bonchev–Trinajstić information content (AvgIpc) is 3.43. The first-order valence-electron chi connectivity index (χ1n) is 14.0. The van der Waals surface area contributed by atoms with Crippen LogP contribution in [-0.4, -0.2) is 37.2 Å². The second-order valence-electron chi connectivity index (χ2n) is 10.6. The lowest BCUT2D eigenvalue weighted by Crippen LogP contribution is -2.27. The number of halogens is 1. The van der Waals surface area contributed by atoms with Gasteiger partial charge in [-0.2, -0.15) is 5.26 Å². The summed E-state index contributed by atoms with van der Waals surface area (Å²) in [5.41, 5.74) is 5.60. The fraction of sp³-hybridized carbons (Fsp3) is 0.176. The van der Waals surface area contributed by atoms with Crippen LogP contribution in [0.1, 0.15) is 38.7 Å². The van der Waals surface area contributed by atoms with Gasteiger partial charge in [-0.1, -0.05) is 35.9 Å². The highest BCUT2D eigenvalue weighted by atomic mass is 35.5. The van der Waals surface area contributed by atoms with E-state index >= 15 is 0 Å². The summed E-state index contributed by atoms with van der Waals surface area (Å²) in [5, 5.41) is 22.2. The van der Waals surface area contributed by atoms with Gasteiger partial charge in [-0.3, -0.25) is 14.3 Å². The van der Waals surface area contributed by atoms with Crippen LogP contribution in [0.4, 0.5) is 0 Å². The summed E-state index contributed by atoms with van der Waals surface area (Å²) < 4.78 is 8.46. The molecule has 11 heteroatoms. The molecule has 2 aromatic carbocycles. The van der Waals surface area contributed by atoms with Crippen molar-refractivity contribution < 1.29 is 14.6 Å². The molecule has 45 heavy (non-hydrogen) atoms. The minimum absolute atomic E-state index is 0.108. The van der Waals surface area contributed by atoms with Crippen LogP contribution in [0.15, 0.2) is 58.7 Å². The summed E-state index contributed by atoms with van der Waals surface area (Å²) in [7, 11) is 0. The van der Waals surface area contributed by atoms with Gasteiger partial charge in [0.1, 0.15) is 29.8 Å². The summed E-state index contributed by atoms with van der Waals surface area (Å²) in [6.45, 7) is 7.54. The van der Waals surface area contributed by atoms with Gasteiger partial charge in [-0.25, -0.2) is 14.8 Å². The van der Waals surface area contributed by atoms with E-state index < -0.39 is 5.97 Å². The number of carboxylic acid groups (broad SMARTS) is 1. The number of aromatic nitrogens is 4. The number of nitriles is 1. The molecule has 6 aromatic rings. The van der Waals surface area contributed by atoms with E-state index in [-0.39, 0.29) is 35.2 Å². The lowest BCUT2D eigenvalue weighted by molar-refractivity contribution is 0.0699. The molecule has 0 aliphatic rings. The first kappa shape index (κ1) is 29.9. The molecule has 6 rings (SSSR count). The van der Waals surface area contributed by atoms with Crippen molar-refractivity contribution >= 4 is 50.0 Å². The molecule has 4 aromatic heterocycles. The molecule has 0 unspecified atom stereocenters. The topological polar surface area (TPSA) is 131 Å². The number of pyridine rings is 2. The van der Waals surface area contributed by atoms with Gasteiger partial charge in [-0.15, -0.1) is 11.3 Å². The summed E-state index contributed by atoms with van der Waals surface area (Å²) in [5.74, 6) is -0.0686. The number of aryl methyl sites for hydroxylation is 4. The summed E-state index contributed by atoms with van der Waals surface area (Å²) in [6, 6.07) is 16.9. The molecular weight excluding hydrogens is 610 g/mol. The van der Waals surface area contributed by atoms with Gasteiger partial charge >= 0.3 is 5.97 Å². The van der Waals surface area contributed by atoms with Crippen molar-refractivity contribution in [3.8, 4) is 34.2 Å². The van der Waals surface area contributed by atoms with Crippen molar-refractivity contribution in [1.29, 1.82) is 5.26 Å². The van der Waals surface area contributed by atoms with Crippen LogP contribution in [0.5, 0.6) is 5.75 Å². The number of fused-ring (bicyclic) bond motifs is 2. The van der Waals surface area contributed by atoms with Gasteiger partial charge in [0.25, 0.3) is 5.56 Å². The van der Waals surface area contributed by atoms with Crippen molar-refractivity contribution in [3.05, 3.63) is 103 Å². The third-order valence-electron chi connectivity index (χ3n) is 7.67. The van der Waals surface area contributed by atoms with E-state index in [4.69, 9.17) is 21.3 Å². The predicted molar refractivity (Wildman–Crippen MR) is 175 cm³/mol. The highest BCUT2D eigenvalue weighted by Crippen LogP contribution is 2.40. The predicted octanol–water partition coefficient (Wildman–Crippen LogP) is 7.27. The van der Waals surface area contributed by atoms with Crippen molar-refractivity contribution in [2.45, 2.75) is 34.2 Å². The Morgan fingerprint density at radius 3 is 2.53 bits per heavy atom. The second kappa shape index (κ2) is 11.8. The number of benzene rings is 2. The minimum atomic E-state index is -1.05. The lowest BCUT2D eigenvalue weighted by atomic mass is 9.98. The maximum atomic E-state index is 14.0. The maximum absolute atomic E-state index is 14.0. The fourth-order valence-electron chi connectivity index (χ4n) is 5.52. The molecule has 1 N–H and O–H groups in total. The number of ether oxygens (including phenoxy) is 1. The summed E-state index contributed by atoms with van der Waals surface area (Å²) in [4.78, 5) is 39.6. The van der Waals surface area contributed by atoms with Crippen LogP contribution in [0.2, 0.25) is 5.02 Å². The smallest absolute Gasteiger partial charge is 0.338 e. The van der Waals surface area contributed by atoms with E-state index in [0.29, 0.717) is 55.0 Å². The Labute approximate surface area is 267 Å². The number of aromatic carboxylic acids is 1. The minimum Gasteiger partial charge on any atom is -0.491 e. The third kappa shape index (κ3) is 5.30.